The molecule has 0 saturated carbocycles. The fourth-order valence-corrected chi connectivity index (χ4v) is 2.18. The molecule has 0 aromatic carbocycles. The van der Waals surface area contributed by atoms with Gasteiger partial charge >= 0.3 is 48.1 Å². The molecule has 1 aliphatic carbocycles. The highest BCUT2D eigenvalue weighted by Crippen LogP contribution is 2.67. The maximum absolute atomic E-state index is 13.9. The standard InChI is InChI=1S/C11HF19O/c12-4(10(25,26)27,11(28,29)30)1-2(6(15,16)9(23,24)5(1,13)14)31-3(7(17,18)19)8(20,21)22/h3H. The minimum Gasteiger partial charge on any atom is -0.469 e. The van der Waals surface area contributed by atoms with Crippen LogP contribution < -0.4 is 0 Å². The van der Waals surface area contributed by atoms with Crippen molar-refractivity contribution < 1.29 is 88.2 Å². The normalized spacial score (nSPS) is 22.3. The Morgan fingerprint density at radius 1 is 0.548 bits per heavy atom. The average molecular weight is 510 g/mol. The van der Waals surface area contributed by atoms with Crippen molar-refractivity contribution in [2.75, 3.05) is 0 Å². The summed E-state index contributed by atoms with van der Waals surface area (Å²) in [6, 6.07) is 0. The van der Waals surface area contributed by atoms with E-state index in [1.165, 1.54) is 0 Å². The molecule has 1 nitrogen and oxygen atoms in total. The first-order valence-electron chi connectivity index (χ1n) is 6.61. The molecule has 0 amide bonds. The molecule has 0 unspecified atom stereocenters. The van der Waals surface area contributed by atoms with Crippen LogP contribution in [0.4, 0.5) is 83.4 Å². The van der Waals surface area contributed by atoms with E-state index in [1.807, 2.05) is 0 Å². The van der Waals surface area contributed by atoms with Gasteiger partial charge in [-0.3, -0.25) is 0 Å². The van der Waals surface area contributed by atoms with E-state index in [2.05, 4.69) is 4.74 Å². The summed E-state index contributed by atoms with van der Waals surface area (Å²) in [6.45, 7) is 0. The lowest BCUT2D eigenvalue weighted by Gasteiger charge is -2.34. The summed E-state index contributed by atoms with van der Waals surface area (Å²) < 4.78 is 247. The van der Waals surface area contributed by atoms with Crippen molar-refractivity contribution in [2.24, 2.45) is 0 Å². The van der Waals surface area contributed by atoms with Gasteiger partial charge in [0.15, 0.2) is 5.76 Å². The van der Waals surface area contributed by atoms with Gasteiger partial charge in [-0.1, -0.05) is 0 Å². The topological polar surface area (TPSA) is 9.23 Å². The SMILES string of the molecule is FC(F)(F)C(OC1=C(C(F)(C(F)(F)F)C(F)(F)F)C(F)(F)C(F)(F)C1(F)F)C(F)(F)F. The van der Waals surface area contributed by atoms with Gasteiger partial charge in [0.1, 0.15) is 5.57 Å². The van der Waals surface area contributed by atoms with Crippen LogP contribution in [-0.4, -0.2) is 54.2 Å². The first-order chi connectivity index (χ1) is 13.1. The Morgan fingerprint density at radius 3 is 1.13 bits per heavy atom. The molecule has 31 heavy (non-hydrogen) atoms. The maximum Gasteiger partial charge on any atom is 0.436 e. The third kappa shape index (κ3) is 3.72. The van der Waals surface area contributed by atoms with E-state index in [9.17, 15) is 83.4 Å². The van der Waals surface area contributed by atoms with Crippen LogP contribution in [0.25, 0.3) is 0 Å². The summed E-state index contributed by atoms with van der Waals surface area (Å²) >= 11 is 0. The van der Waals surface area contributed by atoms with Crippen molar-refractivity contribution in [2.45, 2.75) is 54.2 Å². The molecule has 1 rings (SSSR count). The van der Waals surface area contributed by atoms with Crippen molar-refractivity contribution in [3.05, 3.63) is 11.3 Å². The van der Waals surface area contributed by atoms with Gasteiger partial charge in [0.05, 0.1) is 0 Å². The van der Waals surface area contributed by atoms with E-state index >= 15 is 0 Å². The van der Waals surface area contributed by atoms with Crippen LogP contribution in [0.5, 0.6) is 0 Å². The van der Waals surface area contributed by atoms with E-state index in [1.54, 1.807) is 0 Å². The monoisotopic (exact) mass is 510 g/mol. The van der Waals surface area contributed by atoms with Crippen molar-refractivity contribution >= 4 is 0 Å². The predicted molar refractivity (Wildman–Crippen MR) is 54.8 cm³/mol. The molecule has 0 spiro atoms. The summed E-state index contributed by atoms with van der Waals surface area (Å²) in [5.41, 5.74) is -13.2. The number of allylic oxidation sites excluding steroid dienone is 2. The molecule has 0 aromatic rings. The second kappa shape index (κ2) is 6.61. The number of hydrogen-bond acceptors (Lipinski definition) is 1. The Labute approximate surface area is 155 Å². The fraction of sp³-hybridized carbons (Fsp3) is 0.818. The number of halogens is 19. The van der Waals surface area contributed by atoms with Crippen molar-refractivity contribution in [1.29, 1.82) is 0 Å². The van der Waals surface area contributed by atoms with E-state index in [0.29, 0.717) is 0 Å². The van der Waals surface area contributed by atoms with Gasteiger partial charge in [-0.15, -0.1) is 0 Å². The Hall–Kier alpha value is -1.79. The third-order valence-corrected chi connectivity index (χ3v) is 3.57. The molecule has 0 bridgehead atoms. The summed E-state index contributed by atoms with van der Waals surface area (Å²) in [5, 5.41) is 0. The number of rotatable bonds is 3. The van der Waals surface area contributed by atoms with E-state index < -0.39 is 65.6 Å². The molecule has 0 heterocycles. The van der Waals surface area contributed by atoms with Crippen LogP contribution in [0.2, 0.25) is 0 Å². The minimum atomic E-state index is -7.98. The van der Waals surface area contributed by atoms with Gasteiger partial charge in [-0.2, -0.15) is 79.0 Å². The lowest BCUT2D eigenvalue weighted by Crippen LogP contribution is -2.60. The van der Waals surface area contributed by atoms with Crippen LogP contribution in [0.1, 0.15) is 0 Å². The Morgan fingerprint density at radius 2 is 0.871 bits per heavy atom. The molecule has 0 aliphatic heterocycles. The van der Waals surface area contributed by atoms with Crippen LogP contribution in [0.3, 0.4) is 0 Å². The summed E-state index contributed by atoms with van der Waals surface area (Å²) in [7, 11) is 0. The highest BCUT2D eigenvalue weighted by atomic mass is 19.4. The molecule has 0 saturated heterocycles. The molecule has 0 fully saturated rings. The molecule has 20 heteroatoms. The van der Waals surface area contributed by atoms with Crippen LogP contribution >= 0.6 is 0 Å². The van der Waals surface area contributed by atoms with Crippen LogP contribution in [-0.2, 0) is 4.74 Å². The lowest BCUT2D eigenvalue weighted by molar-refractivity contribution is -0.340. The quantitative estimate of drug-likeness (QED) is 0.394. The minimum absolute atomic E-state index is 2.16. The molecular formula is C11HF19O. The first-order valence-corrected chi connectivity index (χ1v) is 6.61. The number of alkyl halides is 19. The van der Waals surface area contributed by atoms with Gasteiger partial charge in [0.25, 0.3) is 6.10 Å². The smallest absolute Gasteiger partial charge is 0.436 e. The highest BCUT2D eigenvalue weighted by molar-refractivity contribution is 5.45. The first kappa shape index (κ1) is 27.2. The second-order valence-electron chi connectivity index (χ2n) is 5.66. The average Bonchev–Trinajstić information content (AvgIpc) is 2.54. The van der Waals surface area contributed by atoms with E-state index in [-0.39, 0.29) is 0 Å². The molecule has 0 N–H and O–H groups in total. The number of ether oxygens (including phenoxy) is 1. The van der Waals surface area contributed by atoms with Crippen molar-refractivity contribution in [1.82, 2.24) is 0 Å². The van der Waals surface area contributed by atoms with E-state index in [0.717, 1.165) is 0 Å². The molecular weight excluding hydrogens is 509 g/mol. The van der Waals surface area contributed by atoms with Crippen molar-refractivity contribution in [3.8, 4) is 0 Å². The second-order valence-corrected chi connectivity index (χ2v) is 5.66. The zero-order chi connectivity index (χ0) is 25.4. The molecule has 184 valence electrons. The molecule has 1 aliphatic rings. The zero-order valence-corrected chi connectivity index (χ0v) is 13.2. The van der Waals surface area contributed by atoms with Crippen LogP contribution in [0, 0.1) is 0 Å². The van der Waals surface area contributed by atoms with Gasteiger partial charge < -0.3 is 4.74 Å². The van der Waals surface area contributed by atoms with Gasteiger partial charge in [0.2, 0.25) is 0 Å². The Balaban J connectivity index is 4.17. The summed E-state index contributed by atoms with van der Waals surface area (Å²) in [6.07, 6.45) is -35.9. The lowest BCUT2D eigenvalue weighted by atomic mass is 9.90. The van der Waals surface area contributed by atoms with Crippen LogP contribution in [0.15, 0.2) is 11.3 Å². The van der Waals surface area contributed by atoms with Gasteiger partial charge in [0, 0.05) is 0 Å². The summed E-state index contributed by atoms with van der Waals surface area (Å²) in [5.74, 6) is -27.4. The molecule has 0 atom stereocenters. The van der Waals surface area contributed by atoms with E-state index in [4.69, 9.17) is 0 Å². The fourth-order valence-electron chi connectivity index (χ4n) is 2.18. The Bertz CT molecular complexity index is 700. The van der Waals surface area contributed by atoms with Gasteiger partial charge in [-0.25, -0.2) is 4.39 Å². The largest absolute Gasteiger partial charge is 0.469 e. The molecule has 0 aromatic heterocycles. The third-order valence-electron chi connectivity index (χ3n) is 3.57. The highest BCUT2D eigenvalue weighted by Gasteiger charge is 2.91. The summed E-state index contributed by atoms with van der Waals surface area (Å²) in [4.78, 5) is 0. The number of hydrogen-bond donors (Lipinski definition) is 0. The molecule has 0 radical (unpaired) electrons. The van der Waals surface area contributed by atoms with Gasteiger partial charge in [-0.05, 0) is 0 Å². The maximum atomic E-state index is 13.9. The Kier molecular flexibility index (Phi) is 5.81. The zero-order valence-electron chi connectivity index (χ0n) is 13.2. The van der Waals surface area contributed by atoms with Crippen molar-refractivity contribution in [3.63, 3.8) is 0 Å². The predicted octanol–water partition coefficient (Wildman–Crippen LogP) is 6.50.